The molecule has 0 saturated carbocycles. The summed E-state index contributed by atoms with van der Waals surface area (Å²) in [6.07, 6.45) is 1.98. The van der Waals surface area contributed by atoms with Gasteiger partial charge in [-0.15, -0.1) is 0 Å². The van der Waals surface area contributed by atoms with Crippen molar-refractivity contribution < 1.29 is 19.1 Å². The number of amides is 3. The fourth-order valence-electron chi connectivity index (χ4n) is 3.85. The summed E-state index contributed by atoms with van der Waals surface area (Å²) >= 11 is 4.82. The third kappa shape index (κ3) is 5.30. The Kier molecular flexibility index (Phi) is 7.11. The maximum absolute atomic E-state index is 13.6. The monoisotopic (exact) mass is 576 g/mol. The Labute approximate surface area is 225 Å². The molecule has 0 N–H and O–H groups in total. The molecule has 1 aliphatic rings. The Balaban J connectivity index is 1.47. The third-order valence-corrected chi connectivity index (χ3v) is 7.14. The van der Waals surface area contributed by atoms with Crippen molar-refractivity contribution in [2.75, 3.05) is 16.5 Å². The van der Waals surface area contributed by atoms with Gasteiger partial charge in [-0.05, 0) is 79.2 Å². The maximum Gasteiger partial charge on any atom is 0.280 e. The van der Waals surface area contributed by atoms with Crippen LogP contribution in [0.3, 0.4) is 0 Å². The van der Waals surface area contributed by atoms with Crippen LogP contribution in [0.1, 0.15) is 35.7 Å². The predicted octanol–water partition coefficient (Wildman–Crippen LogP) is 5.79. The van der Waals surface area contributed by atoms with Crippen molar-refractivity contribution in [2.45, 2.75) is 19.8 Å². The number of hydrogen-bond donors (Lipinski definition) is 0. The molecule has 0 aliphatic carbocycles. The molecule has 0 radical (unpaired) electrons. The largest absolute Gasteiger partial charge is 0.494 e. The summed E-state index contributed by atoms with van der Waals surface area (Å²) in [5.74, 6) is -0.136. The van der Waals surface area contributed by atoms with Gasteiger partial charge in [-0.3, -0.25) is 19.3 Å². The fourth-order valence-corrected chi connectivity index (χ4v) is 5.32. The van der Waals surface area contributed by atoms with Gasteiger partial charge in [0.15, 0.2) is 0 Å². The molecule has 10 heteroatoms. The number of aromatic nitrogens is 1. The van der Waals surface area contributed by atoms with E-state index in [0.29, 0.717) is 23.0 Å². The Bertz CT molecular complexity index is 1500. The molecule has 186 valence electrons. The lowest BCUT2D eigenvalue weighted by Crippen LogP contribution is -2.29. The van der Waals surface area contributed by atoms with Gasteiger partial charge in [0.05, 0.1) is 28.7 Å². The summed E-state index contributed by atoms with van der Waals surface area (Å²) in [7, 11) is 0. The first-order chi connectivity index (χ1) is 17.9. The van der Waals surface area contributed by atoms with Crippen molar-refractivity contribution in [1.29, 1.82) is 0 Å². The van der Waals surface area contributed by atoms with Crippen LogP contribution in [0, 0.1) is 0 Å². The number of halogens is 1. The Hall–Kier alpha value is -3.89. The Morgan fingerprint density at radius 1 is 1.08 bits per heavy atom. The second-order valence-corrected chi connectivity index (χ2v) is 10.1. The smallest absolute Gasteiger partial charge is 0.280 e. The van der Waals surface area contributed by atoms with E-state index >= 15 is 0 Å². The average Bonchev–Trinajstić information content (AvgIpc) is 3.47. The zero-order valence-corrected chi connectivity index (χ0v) is 22.2. The van der Waals surface area contributed by atoms with E-state index in [9.17, 15) is 14.4 Å². The molecule has 5 rings (SSSR count). The molecule has 0 unspecified atom stereocenters. The van der Waals surface area contributed by atoms with Crippen LogP contribution in [0.25, 0.3) is 10.2 Å². The Morgan fingerprint density at radius 3 is 2.46 bits per heavy atom. The van der Waals surface area contributed by atoms with Crippen LogP contribution >= 0.6 is 27.3 Å². The quantitative estimate of drug-likeness (QED) is 0.158. The number of nitrogens with zero attached hydrogens (tertiary/aromatic N) is 4. The first kappa shape index (κ1) is 24.8. The summed E-state index contributed by atoms with van der Waals surface area (Å²) in [6, 6.07) is 19.4. The van der Waals surface area contributed by atoms with Crippen LogP contribution in [-0.2, 0) is 9.59 Å². The number of hydrogen-bond acceptors (Lipinski definition) is 7. The number of carbonyl (C=O) groups excluding carboxylic acids is 3. The van der Waals surface area contributed by atoms with E-state index in [1.54, 1.807) is 30.5 Å². The van der Waals surface area contributed by atoms with Crippen LogP contribution in [-0.4, -0.2) is 35.5 Å². The molecule has 2 heterocycles. The minimum atomic E-state index is -0.397. The predicted molar refractivity (Wildman–Crippen MR) is 148 cm³/mol. The number of thiazole rings is 1. The lowest BCUT2D eigenvalue weighted by Gasteiger charge is -2.16. The fraction of sp³-hybridized carbons (Fsp3) is 0.148. The van der Waals surface area contributed by atoms with Crippen LogP contribution in [0.4, 0.5) is 10.8 Å². The summed E-state index contributed by atoms with van der Waals surface area (Å²) in [6.45, 7) is 2.49. The van der Waals surface area contributed by atoms with E-state index in [1.165, 1.54) is 16.3 Å². The zero-order valence-electron chi connectivity index (χ0n) is 19.8. The van der Waals surface area contributed by atoms with Gasteiger partial charge in [-0.25, -0.2) is 4.98 Å². The highest BCUT2D eigenvalue weighted by molar-refractivity contribution is 9.10. The normalized spacial score (nSPS) is 13.6. The molecule has 0 bridgehead atoms. The summed E-state index contributed by atoms with van der Waals surface area (Å²) in [5, 5.41) is 6.16. The second-order valence-electron chi connectivity index (χ2n) is 8.14. The van der Waals surface area contributed by atoms with Crippen LogP contribution in [0.15, 0.2) is 76.3 Å². The number of anilines is 2. The first-order valence-electron chi connectivity index (χ1n) is 11.6. The molecule has 8 nitrogen and oxygen atoms in total. The van der Waals surface area contributed by atoms with Gasteiger partial charge in [0, 0.05) is 22.9 Å². The number of fused-ring (bicyclic) bond motifs is 1. The molecule has 37 heavy (non-hydrogen) atoms. The molecule has 3 aromatic carbocycles. The van der Waals surface area contributed by atoms with Crippen LogP contribution in [0.2, 0.25) is 0 Å². The van der Waals surface area contributed by atoms with Crippen molar-refractivity contribution in [2.24, 2.45) is 5.10 Å². The van der Waals surface area contributed by atoms with Crippen LogP contribution < -0.4 is 14.6 Å². The van der Waals surface area contributed by atoms with Gasteiger partial charge in [-0.2, -0.15) is 10.1 Å². The highest BCUT2D eigenvalue weighted by atomic mass is 79.9. The molecular weight excluding hydrogens is 556 g/mol. The molecular formula is C27H21BrN4O4S. The zero-order chi connectivity index (χ0) is 25.9. The molecule has 1 aromatic heterocycles. The maximum atomic E-state index is 13.6. The van der Waals surface area contributed by atoms with E-state index in [-0.39, 0.29) is 24.7 Å². The summed E-state index contributed by atoms with van der Waals surface area (Å²) in [5.41, 5.74) is 2.32. The van der Waals surface area contributed by atoms with Crippen molar-refractivity contribution in [3.8, 4) is 5.75 Å². The van der Waals surface area contributed by atoms with Gasteiger partial charge in [0.1, 0.15) is 5.75 Å². The van der Waals surface area contributed by atoms with Crippen molar-refractivity contribution in [3.05, 3.63) is 82.3 Å². The second kappa shape index (κ2) is 10.6. The minimum absolute atomic E-state index is 0.196. The molecule has 1 aliphatic heterocycles. The topological polar surface area (TPSA) is 92.2 Å². The SMILES string of the molecule is CCOc1ccc(/C=N/N(C(=O)c2ccc(N3C(=O)CCC3=O)cc2)c2nc3ccc(Br)cc3s2)cc1. The van der Waals surface area contributed by atoms with Gasteiger partial charge in [0.25, 0.3) is 5.91 Å². The van der Waals surface area contributed by atoms with E-state index in [1.807, 2.05) is 49.4 Å². The van der Waals surface area contributed by atoms with Crippen LogP contribution in [0.5, 0.6) is 5.75 Å². The molecule has 3 amide bonds. The van der Waals surface area contributed by atoms with E-state index in [4.69, 9.17) is 4.74 Å². The average molecular weight is 577 g/mol. The summed E-state index contributed by atoms with van der Waals surface area (Å²) < 4.78 is 7.30. The summed E-state index contributed by atoms with van der Waals surface area (Å²) in [4.78, 5) is 43.5. The van der Waals surface area contributed by atoms with E-state index in [0.717, 1.165) is 30.9 Å². The lowest BCUT2D eigenvalue weighted by atomic mass is 10.2. The van der Waals surface area contributed by atoms with Crippen molar-refractivity contribution in [3.63, 3.8) is 0 Å². The van der Waals surface area contributed by atoms with Gasteiger partial charge in [-0.1, -0.05) is 27.3 Å². The van der Waals surface area contributed by atoms with E-state index in [2.05, 4.69) is 26.0 Å². The highest BCUT2D eigenvalue weighted by Crippen LogP contribution is 2.32. The molecule has 0 spiro atoms. The number of carbonyl (C=O) groups is 3. The molecule has 4 aromatic rings. The van der Waals surface area contributed by atoms with Crippen molar-refractivity contribution >= 4 is 72.2 Å². The van der Waals surface area contributed by atoms with Gasteiger partial charge < -0.3 is 4.74 Å². The highest BCUT2D eigenvalue weighted by Gasteiger charge is 2.30. The lowest BCUT2D eigenvalue weighted by molar-refractivity contribution is -0.121. The molecule has 1 saturated heterocycles. The molecule has 0 atom stereocenters. The number of ether oxygens (including phenoxy) is 1. The number of benzene rings is 3. The molecule has 1 fully saturated rings. The van der Waals surface area contributed by atoms with E-state index < -0.39 is 5.91 Å². The third-order valence-electron chi connectivity index (χ3n) is 5.65. The number of hydrazone groups is 1. The minimum Gasteiger partial charge on any atom is -0.494 e. The first-order valence-corrected chi connectivity index (χ1v) is 13.2. The van der Waals surface area contributed by atoms with Crippen molar-refractivity contribution in [1.82, 2.24) is 4.98 Å². The standard InChI is InChI=1S/C27H21BrN4O4S/c1-2-36-21-10-3-17(4-11-21)16-29-32(27-30-22-12-7-19(28)15-23(22)37-27)26(35)18-5-8-20(9-6-18)31-24(33)13-14-25(31)34/h3-12,15-16H,2,13-14H2,1H3/b29-16+. The number of rotatable bonds is 7. The Morgan fingerprint density at radius 2 is 1.78 bits per heavy atom. The number of imide groups is 1. The van der Waals surface area contributed by atoms with Gasteiger partial charge in [0.2, 0.25) is 16.9 Å². The van der Waals surface area contributed by atoms with Gasteiger partial charge >= 0.3 is 0 Å².